The van der Waals surface area contributed by atoms with E-state index in [-0.39, 0.29) is 16.5 Å². The van der Waals surface area contributed by atoms with E-state index < -0.39 is 59.4 Å². The highest BCUT2D eigenvalue weighted by Gasteiger charge is 2.41. The summed E-state index contributed by atoms with van der Waals surface area (Å²) in [7, 11) is 0. The van der Waals surface area contributed by atoms with E-state index in [4.69, 9.17) is 8.85 Å². The first-order chi connectivity index (χ1) is 15.6. The van der Waals surface area contributed by atoms with Gasteiger partial charge in [-0.1, -0.05) is 0 Å². The van der Waals surface area contributed by atoms with E-state index in [1.807, 2.05) is 0 Å². The molecule has 1 N–H and O–H groups in total. The number of carbonyl (C=O) groups excluding carboxylic acids is 1. The number of aromatic nitrogens is 2. The van der Waals surface area contributed by atoms with Crippen molar-refractivity contribution in [3.63, 3.8) is 0 Å². The molecule has 0 fully saturated rings. The van der Waals surface area contributed by atoms with Gasteiger partial charge in [0.2, 0.25) is 0 Å². The van der Waals surface area contributed by atoms with Crippen LogP contribution in [-0.4, -0.2) is 23.3 Å². The molecule has 0 aliphatic heterocycles. The molecule has 0 spiro atoms. The summed E-state index contributed by atoms with van der Waals surface area (Å²) in [5, 5.41) is 5.68. The number of nitrogens with one attached hydrogen (secondary N) is 1. The van der Waals surface area contributed by atoms with Crippen LogP contribution in [0.5, 0.6) is 5.75 Å². The third kappa shape index (κ3) is 4.78. The van der Waals surface area contributed by atoms with Gasteiger partial charge in [-0.15, -0.1) is 0 Å². The van der Waals surface area contributed by atoms with Crippen molar-refractivity contribution in [3.05, 3.63) is 65.7 Å². The molecule has 1 aromatic heterocycles. The summed E-state index contributed by atoms with van der Waals surface area (Å²) in [6.45, 7) is -3.31. The van der Waals surface area contributed by atoms with Gasteiger partial charge in [-0.25, -0.2) is 9.18 Å². The monoisotopic (exact) mass is 450 g/mol. The van der Waals surface area contributed by atoms with Gasteiger partial charge >= 0.3 is 18.4 Å². The number of nitrogens with zero attached hydrogens (tertiary/aromatic N) is 2. The van der Waals surface area contributed by atoms with Gasteiger partial charge < -0.3 is 4.74 Å². The molecule has 2 aromatic carbocycles. The van der Waals surface area contributed by atoms with Gasteiger partial charge in [-0.05, 0) is 36.4 Å². The summed E-state index contributed by atoms with van der Waals surface area (Å²) in [4.78, 5) is 12.7. The van der Waals surface area contributed by atoms with Crippen molar-refractivity contribution in [2.45, 2.75) is 12.4 Å². The third-order valence-electron chi connectivity index (χ3n) is 3.99. The Bertz CT molecular complexity index is 1180. The van der Waals surface area contributed by atoms with Crippen LogP contribution in [0, 0.1) is 5.82 Å². The molecule has 0 radical (unpaired) electrons. The predicted molar refractivity (Wildman–Crippen MR) is 94.9 cm³/mol. The molecule has 1 amide bonds. The molecule has 0 saturated heterocycles. The van der Waals surface area contributed by atoms with Crippen LogP contribution in [0.2, 0.25) is 0 Å². The highest BCUT2D eigenvalue weighted by atomic mass is 19.4. The number of ether oxygens (including phenoxy) is 1. The highest BCUT2D eigenvalue weighted by molar-refractivity contribution is 5.90. The maximum absolute atomic E-state index is 13.7. The number of anilines is 1. The lowest BCUT2D eigenvalue weighted by Gasteiger charge is -2.22. The molecule has 0 aliphatic carbocycles. The Morgan fingerprint density at radius 1 is 1.10 bits per heavy atom. The minimum Gasteiger partial charge on any atom is -0.409 e. The molecule has 12 heteroatoms. The maximum Gasteiger partial charge on any atom is 0.420 e. The van der Waals surface area contributed by atoms with Gasteiger partial charge in [-0.2, -0.15) is 31.4 Å². The second-order valence-electron chi connectivity index (χ2n) is 6.06. The molecule has 0 atom stereocenters. The molecule has 1 heterocycles. The summed E-state index contributed by atoms with van der Waals surface area (Å²) < 4.78 is 122. The number of H-pyrrole nitrogens is 1. The second kappa shape index (κ2) is 7.93. The highest BCUT2D eigenvalue weighted by Crippen LogP contribution is 2.46. The molecule has 31 heavy (non-hydrogen) atoms. The van der Waals surface area contributed by atoms with Crippen molar-refractivity contribution in [2.24, 2.45) is 0 Å². The lowest BCUT2D eigenvalue weighted by Crippen LogP contribution is -2.30. The van der Waals surface area contributed by atoms with Crippen LogP contribution in [0.3, 0.4) is 0 Å². The van der Waals surface area contributed by atoms with E-state index in [1.165, 1.54) is 0 Å². The van der Waals surface area contributed by atoms with E-state index in [0.717, 1.165) is 36.7 Å². The first-order valence-electron chi connectivity index (χ1n) is 9.68. The number of alkyl halides is 6. The average molecular weight is 450 g/mol. The van der Waals surface area contributed by atoms with Gasteiger partial charge in [0, 0.05) is 34.1 Å². The fraction of sp³-hybridized carbons (Fsp3) is 0.158. The van der Waals surface area contributed by atoms with Crippen LogP contribution in [0.4, 0.5) is 41.2 Å². The van der Waals surface area contributed by atoms with E-state index >= 15 is 0 Å². The van der Waals surface area contributed by atoms with Crippen LogP contribution in [0.1, 0.15) is 15.2 Å². The summed E-state index contributed by atoms with van der Waals surface area (Å²) in [5.41, 5.74) is -5.26. The van der Waals surface area contributed by atoms with Gasteiger partial charge in [0.05, 0.1) is 17.3 Å². The first kappa shape index (κ1) is 18.2. The maximum atomic E-state index is 13.7. The number of hydrogen-bond acceptors (Lipinski definition) is 3. The van der Waals surface area contributed by atoms with Crippen molar-refractivity contribution in [1.82, 2.24) is 10.2 Å². The van der Waals surface area contributed by atoms with Crippen molar-refractivity contribution in [1.29, 1.82) is 0 Å². The van der Waals surface area contributed by atoms with E-state index in [9.17, 15) is 35.5 Å². The molecule has 3 aromatic rings. The van der Waals surface area contributed by atoms with Crippen LogP contribution in [0.15, 0.2) is 48.8 Å². The summed E-state index contributed by atoms with van der Waals surface area (Å²) in [6, 6.07) is 3.34. The number of hydrogen-bond donors (Lipinski definition) is 1. The molecular formula is C19H12F7N3O2. The SMILES string of the molecule is [2H]C([2H])([2H])N(C(=O)Oc1c(-c2cn[nH]c2)cc(C(F)(F)F)cc1C(F)(F)F)c1ccc(F)cc1. The Labute approximate surface area is 174 Å². The number of amides is 1. The van der Waals surface area contributed by atoms with Gasteiger partial charge in [0.1, 0.15) is 5.82 Å². The largest absolute Gasteiger partial charge is 0.420 e. The molecule has 0 bridgehead atoms. The minimum absolute atomic E-state index is 0.0383. The zero-order chi connectivity index (χ0) is 25.5. The molecule has 0 aliphatic rings. The fourth-order valence-corrected chi connectivity index (χ4v) is 2.55. The summed E-state index contributed by atoms with van der Waals surface area (Å²) >= 11 is 0. The Morgan fingerprint density at radius 3 is 2.29 bits per heavy atom. The number of rotatable bonds is 3. The number of halogens is 7. The molecule has 0 saturated carbocycles. The molecular weight excluding hydrogens is 435 g/mol. The van der Waals surface area contributed by atoms with Gasteiger partial charge in [0.25, 0.3) is 0 Å². The number of carbonyl (C=O) groups is 1. The van der Waals surface area contributed by atoms with E-state index in [1.54, 1.807) is 0 Å². The summed E-state index contributed by atoms with van der Waals surface area (Å²) in [5.74, 6) is -2.17. The number of aromatic amines is 1. The fourth-order valence-electron chi connectivity index (χ4n) is 2.55. The van der Waals surface area contributed by atoms with Crippen molar-refractivity contribution in [3.8, 4) is 16.9 Å². The third-order valence-corrected chi connectivity index (χ3v) is 3.99. The van der Waals surface area contributed by atoms with Crippen LogP contribution in [0.25, 0.3) is 11.1 Å². The Morgan fingerprint density at radius 2 is 1.77 bits per heavy atom. The molecule has 3 rings (SSSR count). The van der Waals surface area contributed by atoms with E-state index in [0.29, 0.717) is 6.07 Å². The van der Waals surface area contributed by atoms with Crippen LogP contribution < -0.4 is 9.64 Å². The number of benzene rings is 2. The Hall–Kier alpha value is -3.57. The van der Waals surface area contributed by atoms with E-state index in [2.05, 4.69) is 10.2 Å². The molecule has 0 unspecified atom stereocenters. The topological polar surface area (TPSA) is 58.2 Å². The lowest BCUT2D eigenvalue weighted by atomic mass is 9.99. The zero-order valence-electron chi connectivity index (χ0n) is 18.0. The van der Waals surface area contributed by atoms with Crippen LogP contribution in [-0.2, 0) is 12.4 Å². The summed E-state index contributed by atoms with van der Waals surface area (Å²) in [6.07, 6.45) is -10.7. The Balaban J connectivity index is 2.21. The zero-order valence-corrected chi connectivity index (χ0v) is 15.0. The second-order valence-corrected chi connectivity index (χ2v) is 6.06. The quantitative estimate of drug-likeness (QED) is 0.507. The average Bonchev–Trinajstić information content (AvgIpc) is 3.21. The van der Waals surface area contributed by atoms with Crippen molar-refractivity contribution < 1.29 is 44.4 Å². The first-order valence-corrected chi connectivity index (χ1v) is 8.18. The standard InChI is InChI=1S/C19H12F7N3O2/c1-29(13-4-2-12(20)3-5-13)17(30)31-16-14(10-8-27-28-9-10)6-11(18(21,22)23)7-15(16)19(24,25)26/h2-9H,1H3,(H,27,28)/i1D3. The molecule has 164 valence electrons. The molecule has 5 nitrogen and oxygen atoms in total. The van der Waals surface area contributed by atoms with Gasteiger partial charge in [-0.3, -0.25) is 10.00 Å². The Kier molecular flexibility index (Phi) is 4.66. The van der Waals surface area contributed by atoms with Crippen LogP contribution >= 0.6 is 0 Å². The smallest absolute Gasteiger partial charge is 0.409 e. The van der Waals surface area contributed by atoms with Crippen molar-refractivity contribution >= 4 is 11.8 Å². The van der Waals surface area contributed by atoms with Gasteiger partial charge in [0.15, 0.2) is 5.75 Å². The normalized spacial score (nSPS) is 13.8. The van der Waals surface area contributed by atoms with Crippen molar-refractivity contribution in [2.75, 3.05) is 11.9 Å². The lowest BCUT2D eigenvalue weighted by molar-refractivity contribution is -0.143. The minimum atomic E-state index is -5.43. The predicted octanol–water partition coefficient (Wildman–Crippen LogP) is 5.89.